The largest absolute Gasteiger partial charge is 0.497 e. The Bertz CT molecular complexity index is 1070. The van der Waals surface area contributed by atoms with Crippen molar-refractivity contribution in [3.63, 3.8) is 0 Å². The number of hydrogen-bond acceptors (Lipinski definition) is 6. The number of benzene rings is 1. The van der Waals surface area contributed by atoms with Crippen molar-refractivity contribution in [2.24, 2.45) is 5.10 Å². The van der Waals surface area contributed by atoms with Crippen molar-refractivity contribution in [3.05, 3.63) is 68.9 Å². The average molecular weight is 384 g/mol. The Morgan fingerprint density at radius 2 is 2.07 bits per heavy atom. The number of aromatic nitrogens is 2. The number of carbonyl (C=O) groups excluding carboxylic acids is 1. The molecular weight excluding hydrogens is 364 g/mol. The second-order valence-corrected chi connectivity index (χ2v) is 6.26. The molecule has 2 aromatic rings. The van der Waals surface area contributed by atoms with Gasteiger partial charge in [-0.1, -0.05) is 18.2 Å². The van der Waals surface area contributed by atoms with Crippen LogP contribution in [0, 0.1) is 0 Å². The topological polar surface area (TPSA) is 117 Å². The molecule has 1 aliphatic rings. The van der Waals surface area contributed by atoms with E-state index in [4.69, 9.17) is 4.74 Å². The van der Waals surface area contributed by atoms with Crippen LogP contribution in [-0.4, -0.2) is 38.4 Å². The summed E-state index contributed by atoms with van der Waals surface area (Å²) in [6, 6.07) is 6.69. The molecule has 0 unspecified atom stereocenters. The van der Waals surface area contributed by atoms with E-state index in [0.717, 1.165) is 10.1 Å². The highest BCUT2D eigenvalue weighted by Gasteiger charge is 2.34. The van der Waals surface area contributed by atoms with E-state index < -0.39 is 23.2 Å². The summed E-state index contributed by atoms with van der Waals surface area (Å²) < 4.78 is 6.12. The highest BCUT2D eigenvalue weighted by molar-refractivity contribution is 6.04. The number of methoxy groups -OCH3 is 1. The van der Waals surface area contributed by atoms with Gasteiger partial charge in [-0.2, -0.15) is 5.10 Å². The first kappa shape index (κ1) is 19.2. The second kappa shape index (κ2) is 7.55. The molecule has 1 aliphatic heterocycles. The van der Waals surface area contributed by atoms with Crippen molar-refractivity contribution in [1.29, 1.82) is 0 Å². The number of hydrazone groups is 1. The zero-order valence-electron chi connectivity index (χ0n) is 15.5. The van der Waals surface area contributed by atoms with Gasteiger partial charge in [0.1, 0.15) is 11.3 Å². The first-order valence-corrected chi connectivity index (χ1v) is 8.56. The van der Waals surface area contributed by atoms with E-state index in [2.05, 4.69) is 16.7 Å². The molecular formula is C19H20N4O5. The van der Waals surface area contributed by atoms with Crippen LogP contribution in [0.2, 0.25) is 0 Å². The van der Waals surface area contributed by atoms with Crippen LogP contribution in [0.4, 0.5) is 0 Å². The number of aromatic amines is 1. The Morgan fingerprint density at radius 1 is 1.39 bits per heavy atom. The van der Waals surface area contributed by atoms with Gasteiger partial charge < -0.3 is 9.84 Å². The summed E-state index contributed by atoms with van der Waals surface area (Å²) >= 11 is 0. The Hall–Kier alpha value is -3.62. The van der Waals surface area contributed by atoms with Gasteiger partial charge in [0.05, 0.1) is 18.9 Å². The molecule has 0 radical (unpaired) electrons. The molecule has 1 aromatic carbocycles. The summed E-state index contributed by atoms with van der Waals surface area (Å²) in [5.74, 6) is -0.153. The minimum absolute atomic E-state index is 0.0139. The van der Waals surface area contributed by atoms with Crippen LogP contribution in [0.15, 0.2) is 51.6 Å². The van der Waals surface area contributed by atoms with Crippen molar-refractivity contribution in [1.82, 2.24) is 14.6 Å². The highest BCUT2D eigenvalue weighted by Crippen LogP contribution is 2.34. The Labute approximate surface area is 160 Å². The molecule has 0 spiro atoms. The molecule has 2 heterocycles. The third kappa shape index (κ3) is 3.34. The Kier molecular flexibility index (Phi) is 5.16. The average Bonchev–Trinajstić information content (AvgIpc) is 3.10. The van der Waals surface area contributed by atoms with E-state index >= 15 is 0 Å². The van der Waals surface area contributed by atoms with Crippen LogP contribution < -0.4 is 16.0 Å². The molecule has 0 bridgehead atoms. The number of nitrogens with one attached hydrogen (secondary N) is 1. The van der Waals surface area contributed by atoms with Gasteiger partial charge in [0.2, 0.25) is 11.8 Å². The quantitative estimate of drug-likeness (QED) is 0.750. The van der Waals surface area contributed by atoms with Gasteiger partial charge in [0.15, 0.2) is 0 Å². The van der Waals surface area contributed by atoms with E-state index in [0.29, 0.717) is 5.75 Å². The molecule has 2 N–H and O–H groups in total. The molecule has 28 heavy (non-hydrogen) atoms. The number of ether oxygens (including phenoxy) is 1. The summed E-state index contributed by atoms with van der Waals surface area (Å²) in [5.41, 5.74) is -0.637. The number of amides is 1. The fourth-order valence-electron chi connectivity index (χ4n) is 3.16. The van der Waals surface area contributed by atoms with Crippen molar-refractivity contribution in [2.75, 3.05) is 7.11 Å². The van der Waals surface area contributed by atoms with Gasteiger partial charge in [0.25, 0.3) is 5.56 Å². The Morgan fingerprint density at radius 3 is 2.64 bits per heavy atom. The van der Waals surface area contributed by atoms with E-state index in [1.165, 1.54) is 18.0 Å². The molecule has 9 heteroatoms. The monoisotopic (exact) mass is 384 g/mol. The van der Waals surface area contributed by atoms with Crippen molar-refractivity contribution >= 4 is 11.6 Å². The smallest absolute Gasteiger partial charge is 0.331 e. The van der Waals surface area contributed by atoms with Gasteiger partial charge in [-0.05, 0) is 17.7 Å². The molecule has 0 aliphatic carbocycles. The molecule has 9 nitrogen and oxygen atoms in total. The minimum Gasteiger partial charge on any atom is -0.497 e. The zero-order valence-corrected chi connectivity index (χ0v) is 15.5. The van der Waals surface area contributed by atoms with Crippen molar-refractivity contribution in [3.8, 4) is 11.6 Å². The maximum absolute atomic E-state index is 12.4. The number of rotatable bonds is 5. The molecule has 146 valence electrons. The molecule has 1 amide bonds. The lowest BCUT2D eigenvalue weighted by molar-refractivity contribution is -0.130. The number of aromatic hydroxyl groups is 1. The van der Waals surface area contributed by atoms with Crippen molar-refractivity contribution < 1.29 is 14.6 Å². The van der Waals surface area contributed by atoms with Crippen LogP contribution in [0.25, 0.3) is 0 Å². The predicted molar refractivity (Wildman–Crippen MR) is 103 cm³/mol. The van der Waals surface area contributed by atoms with Gasteiger partial charge >= 0.3 is 5.69 Å². The summed E-state index contributed by atoms with van der Waals surface area (Å²) in [7, 11) is 1.56. The van der Waals surface area contributed by atoms with Gasteiger partial charge in [-0.3, -0.25) is 19.1 Å². The number of nitrogens with zero attached hydrogens (tertiary/aromatic N) is 3. The van der Waals surface area contributed by atoms with Gasteiger partial charge in [-0.25, -0.2) is 9.80 Å². The maximum atomic E-state index is 12.4. The molecule has 0 saturated carbocycles. The lowest BCUT2D eigenvalue weighted by atomic mass is 9.99. The lowest BCUT2D eigenvalue weighted by Gasteiger charge is -2.20. The fourth-order valence-corrected chi connectivity index (χ4v) is 3.16. The Balaban J connectivity index is 2.06. The van der Waals surface area contributed by atoms with Crippen LogP contribution in [0.5, 0.6) is 11.6 Å². The summed E-state index contributed by atoms with van der Waals surface area (Å²) in [4.78, 5) is 38.5. The van der Waals surface area contributed by atoms with Crippen LogP contribution >= 0.6 is 0 Å². The number of allylic oxidation sites excluding steroid dienone is 1. The van der Waals surface area contributed by atoms with Crippen LogP contribution in [0.1, 0.15) is 30.5 Å². The molecule has 1 atom stereocenters. The third-order valence-electron chi connectivity index (χ3n) is 4.51. The summed E-state index contributed by atoms with van der Waals surface area (Å²) in [5, 5.41) is 16.0. The summed E-state index contributed by atoms with van der Waals surface area (Å²) in [6.07, 6.45) is 1.62. The molecule has 1 aromatic heterocycles. The minimum atomic E-state index is -0.763. The number of H-pyrrole nitrogens is 1. The molecule has 0 saturated heterocycles. The zero-order chi connectivity index (χ0) is 20.4. The van der Waals surface area contributed by atoms with Gasteiger partial charge in [-0.15, -0.1) is 6.58 Å². The SMILES string of the molecule is C=CCn1c(O)c(C2=NN(C(C)=O)[C@@H](c3ccc(OC)cc3)C2)c(=O)[nH]c1=O. The van der Waals surface area contributed by atoms with Crippen LogP contribution in [0.3, 0.4) is 0 Å². The second-order valence-electron chi connectivity index (χ2n) is 6.26. The van der Waals surface area contributed by atoms with E-state index in [-0.39, 0.29) is 30.1 Å². The first-order chi connectivity index (χ1) is 13.4. The number of carbonyl (C=O) groups is 1. The van der Waals surface area contributed by atoms with Crippen LogP contribution in [-0.2, 0) is 11.3 Å². The maximum Gasteiger partial charge on any atom is 0.331 e. The third-order valence-corrected chi connectivity index (χ3v) is 4.51. The molecule has 0 fully saturated rings. The van der Waals surface area contributed by atoms with E-state index in [1.54, 1.807) is 31.4 Å². The normalized spacial score (nSPS) is 16.0. The van der Waals surface area contributed by atoms with E-state index in [1.807, 2.05) is 0 Å². The standard InChI is InChI=1S/C19H20N4O5/c1-4-9-22-18(26)16(17(25)20-19(22)27)14-10-15(23(21-14)11(2)24)12-5-7-13(28-3)8-6-12/h4-8,15,26H,1,9-10H2,2-3H3,(H,20,25,27)/t15-/m1/s1. The predicted octanol–water partition coefficient (Wildman–Crippen LogP) is 1.13. The van der Waals surface area contributed by atoms with E-state index in [9.17, 15) is 19.5 Å². The van der Waals surface area contributed by atoms with Crippen molar-refractivity contribution in [2.45, 2.75) is 25.9 Å². The fraction of sp³-hybridized carbons (Fsp3) is 0.263. The molecule has 3 rings (SSSR count). The lowest BCUT2D eigenvalue weighted by Crippen LogP contribution is -2.33. The highest BCUT2D eigenvalue weighted by atomic mass is 16.5. The first-order valence-electron chi connectivity index (χ1n) is 8.56. The van der Waals surface area contributed by atoms with Gasteiger partial charge in [0, 0.05) is 19.9 Å². The summed E-state index contributed by atoms with van der Waals surface area (Å²) in [6.45, 7) is 4.91. The number of hydrogen-bond donors (Lipinski definition) is 2.